The van der Waals surface area contributed by atoms with E-state index in [-0.39, 0.29) is 66.3 Å². The van der Waals surface area contributed by atoms with E-state index in [0.717, 1.165) is 56.4 Å². The van der Waals surface area contributed by atoms with Crippen molar-refractivity contribution in [1.82, 2.24) is 36.1 Å². The quantitative estimate of drug-likeness (QED) is 0.0435. The van der Waals surface area contributed by atoms with Crippen LogP contribution in [0.3, 0.4) is 0 Å². The molecule has 1 saturated heterocycles. The lowest BCUT2D eigenvalue weighted by Gasteiger charge is -2.40. The van der Waals surface area contributed by atoms with Gasteiger partial charge in [-0.05, 0) is 102 Å². The molecule has 404 valence electrons. The van der Waals surface area contributed by atoms with Crippen LogP contribution in [0.25, 0.3) is 0 Å². The second kappa shape index (κ2) is 28.9. The summed E-state index contributed by atoms with van der Waals surface area (Å²) in [6, 6.07) is -0.245. The number of ether oxygens (including phenoxy) is 1. The van der Waals surface area contributed by atoms with Crippen molar-refractivity contribution < 1.29 is 47.8 Å². The molecule has 2 heterocycles. The SMILES string of the molecule is CCCCCCN(C(=O)[C@@H](NC(=O)[C@H]1CCCCN1C)[C@@H](C)CC)[C@H](C[C@@H](OC(=O)NC)c1nc(C(=O)N[C@@H](Cc2ccc(NC(=O)[C@H](C)NC(=O)[C@@H](N)C(C)C)c(F)c2)CC(C)(C)C(=O)O)cs1)C(C)C. The lowest BCUT2D eigenvalue weighted by Crippen LogP contribution is -2.59. The Balaban J connectivity index is 1.94. The molecule has 6 amide bonds. The molecule has 72 heavy (non-hydrogen) atoms. The number of anilines is 1. The van der Waals surface area contributed by atoms with Crippen LogP contribution in [0.4, 0.5) is 14.9 Å². The van der Waals surface area contributed by atoms with E-state index in [1.54, 1.807) is 19.9 Å². The Hall–Kier alpha value is -5.21. The molecule has 20 heteroatoms. The number of likely N-dealkylation sites (tertiary alicyclic amines) is 1. The molecule has 0 saturated carbocycles. The van der Waals surface area contributed by atoms with E-state index in [1.807, 2.05) is 44.5 Å². The van der Waals surface area contributed by atoms with Crippen molar-refractivity contribution in [3.8, 4) is 0 Å². The van der Waals surface area contributed by atoms with E-state index in [1.165, 1.54) is 45.3 Å². The van der Waals surface area contributed by atoms with Gasteiger partial charge in [0.1, 0.15) is 28.6 Å². The number of aliphatic carboxylic acids is 1. The number of amides is 6. The van der Waals surface area contributed by atoms with Crippen LogP contribution in [-0.2, 0) is 35.1 Å². The first kappa shape index (κ1) is 61.1. The van der Waals surface area contributed by atoms with Gasteiger partial charge in [-0.3, -0.25) is 33.7 Å². The Morgan fingerprint density at radius 1 is 0.972 bits per heavy atom. The number of carboxylic acids is 1. The van der Waals surface area contributed by atoms with Gasteiger partial charge < -0.3 is 47.1 Å². The summed E-state index contributed by atoms with van der Waals surface area (Å²) in [5.74, 6) is -4.61. The number of piperidine rings is 1. The molecule has 1 aromatic heterocycles. The third kappa shape index (κ3) is 18.1. The van der Waals surface area contributed by atoms with E-state index >= 15 is 9.18 Å². The molecular formula is C52H84FN9O9S. The number of aromatic nitrogens is 1. The highest BCUT2D eigenvalue weighted by Gasteiger charge is 2.39. The minimum atomic E-state index is -1.32. The first-order valence-electron chi connectivity index (χ1n) is 25.7. The number of thiazole rings is 1. The molecule has 1 aromatic carbocycles. The van der Waals surface area contributed by atoms with Gasteiger partial charge in [0.15, 0.2) is 6.10 Å². The lowest BCUT2D eigenvalue weighted by molar-refractivity contribution is -0.147. The van der Waals surface area contributed by atoms with Crippen molar-refractivity contribution >= 4 is 58.6 Å². The van der Waals surface area contributed by atoms with Crippen molar-refractivity contribution in [3.63, 3.8) is 0 Å². The highest BCUT2D eigenvalue weighted by atomic mass is 32.1. The first-order chi connectivity index (χ1) is 33.8. The van der Waals surface area contributed by atoms with Gasteiger partial charge in [-0.1, -0.05) is 86.6 Å². The molecule has 0 aliphatic carbocycles. The zero-order chi connectivity index (χ0) is 54.0. The number of likely N-dealkylation sites (N-methyl/N-ethyl adjacent to an activating group) is 1. The number of alkyl carbamates (subject to hydrolysis) is 1. The van der Waals surface area contributed by atoms with Gasteiger partial charge in [-0.25, -0.2) is 14.2 Å². The molecule has 1 aliphatic heterocycles. The number of halogens is 1. The van der Waals surface area contributed by atoms with Gasteiger partial charge >= 0.3 is 12.1 Å². The summed E-state index contributed by atoms with van der Waals surface area (Å²) >= 11 is 1.09. The van der Waals surface area contributed by atoms with Crippen molar-refractivity contribution in [1.29, 1.82) is 0 Å². The zero-order valence-corrected chi connectivity index (χ0v) is 45.5. The maximum atomic E-state index is 15.6. The van der Waals surface area contributed by atoms with Crippen molar-refractivity contribution in [2.24, 2.45) is 28.9 Å². The molecular weight excluding hydrogens is 946 g/mol. The zero-order valence-electron chi connectivity index (χ0n) is 44.7. The smallest absolute Gasteiger partial charge is 0.407 e. The van der Waals surface area contributed by atoms with E-state index in [4.69, 9.17) is 10.5 Å². The second-order valence-corrected chi connectivity index (χ2v) is 21.7. The first-order valence-corrected chi connectivity index (χ1v) is 26.6. The molecule has 1 fully saturated rings. The molecule has 18 nitrogen and oxygen atoms in total. The fourth-order valence-electron chi connectivity index (χ4n) is 8.70. The van der Waals surface area contributed by atoms with Crippen LogP contribution in [0, 0.1) is 29.0 Å². The van der Waals surface area contributed by atoms with Gasteiger partial charge in [-0.2, -0.15) is 0 Å². The summed E-state index contributed by atoms with van der Waals surface area (Å²) in [5.41, 5.74) is 4.79. The van der Waals surface area contributed by atoms with Crippen LogP contribution in [-0.4, -0.2) is 125 Å². The molecule has 0 bridgehead atoms. The average Bonchev–Trinajstić information content (AvgIpc) is 3.83. The number of benzene rings is 1. The summed E-state index contributed by atoms with van der Waals surface area (Å²) < 4.78 is 21.5. The number of hydrogen-bond donors (Lipinski definition) is 7. The summed E-state index contributed by atoms with van der Waals surface area (Å²) in [6.45, 7) is 19.3. The topological polar surface area (TPSA) is 254 Å². The molecule has 8 N–H and O–H groups in total. The Bertz CT molecular complexity index is 2140. The molecule has 2 aromatic rings. The lowest BCUT2D eigenvalue weighted by atomic mass is 9.84. The highest BCUT2D eigenvalue weighted by molar-refractivity contribution is 7.09. The summed E-state index contributed by atoms with van der Waals surface area (Å²) in [4.78, 5) is 102. The van der Waals surface area contributed by atoms with Crippen molar-refractivity contribution in [3.05, 3.63) is 45.7 Å². The number of nitrogens with two attached hydrogens (primary N) is 1. The van der Waals surface area contributed by atoms with E-state index < -0.39 is 77.3 Å². The van der Waals surface area contributed by atoms with Crippen molar-refractivity contribution in [2.45, 2.75) is 182 Å². The second-order valence-electron chi connectivity index (χ2n) is 20.8. The van der Waals surface area contributed by atoms with Gasteiger partial charge in [0.2, 0.25) is 23.6 Å². The number of nitrogens with one attached hydrogen (secondary N) is 5. The van der Waals surface area contributed by atoms with Gasteiger partial charge in [0.05, 0.1) is 23.2 Å². The number of carbonyl (C=O) groups excluding carboxylic acids is 6. The number of rotatable bonds is 28. The standard InChI is InChI=1S/C52H84FN9O9S/c1-13-15-16-18-24-62(49(67)43(32(7)14-2)60-46(65)39-20-17-19-23-61(39)12)40(30(3)4)27-41(71-51(70)55-11)48-59-38(29-72-48)45(64)57-35(28-52(9,10)50(68)69)25-34-21-22-37(36(53)26-34)58-44(63)33(8)56-47(66)42(54)31(5)6/h21-22,26,29-33,35,39-43H,13-20,23-25,27-28,54H2,1-12H3,(H,55,70)(H,56,66)(H,57,64)(H,58,63)(H,60,65)(H,68,69)/t32-,33-,35-,39+,40+,41+,42-,43-/m0/s1. The predicted octanol–water partition coefficient (Wildman–Crippen LogP) is 6.79. The fourth-order valence-corrected chi connectivity index (χ4v) is 9.54. The maximum absolute atomic E-state index is 15.6. The molecule has 0 unspecified atom stereocenters. The molecule has 1 aliphatic rings. The Morgan fingerprint density at radius 3 is 2.25 bits per heavy atom. The molecule has 0 radical (unpaired) electrons. The monoisotopic (exact) mass is 1030 g/mol. The molecule has 8 atom stereocenters. The number of carbonyl (C=O) groups is 7. The molecule has 3 rings (SSSR count). The van der Waals surface area contributed by atoms with E-state index in [0.29, 0.717) is 30.0 Å². The third-order valence-electron chi connectivity index (χ3n) is 13.7. The molecule has 0 spiro atoms. The van der Waals surface area contributed by atoms with Crippen molar-refractivity contribution in [2.75, 3.05) is 32.5 Å². The summed E-state index contributed by atoms with van der Waals surface area (Å²) in [6.07, 6.45) is 5.20. The van der Waals surface area contributed by atoms with Crippen LogP contribution in [0.5, 0.6) is 0 Å². The normalized spacial score (nSPS) is 17.1. The number of unbranched alkanes of at least 4 members (excludes halogenated alkanes) is 3. The third-order valence-corrected chi connectivity index (χ3v) is 14.6. The van der Waals surface area contributed by atoms with Crippen LogP contribution >= 0.6 is 11.3 Å². The summed E-state index contributed by atoms with van der Waals surface area (Å²) in [7, 11) is 3.36. The Labute approximate surface area is 430 Å². The average molecular weight is 1030 g/mol. The summed E-state index contributed by atoms with van der Waals surface area (Å²) in [5, 5.41) is 25.4. The van der Waals surface area contributed by atoms with Gasteiger partial charge in [0, 0.05) is 37.5 Å². The van der Waals surface area contributed by atoms with Crippen LogP contribution in [0.1, 0.15) is 161 Å². The highest BCUT2D eigenvalue weighted by Crippen LogP contribution is 2.33. The number of carboxylic acid groups (broad SMARTS) is 1. The fraction of sp³-hybridized carbons (Fsp3) is 0.692. The number of nitrogens with zero attached hydrogens (tertiary/aromatic N) is 3. The minimum absolute atomic E-state index is 0.000189. The maximum Gasteiger partial charge on any atom is 0.407 e. The van der Waals surface area contributed by atoms with Gasteiger partial charge in [0.25, 0.3) is 5.91 Å². The minimum Gasteiger partial charge on any atom is -0.481 e. The van der Waals surface area contributed by atoms with Gasteiger partial charge in [-0.15, -0.1) is 11.3 Å². The Kier molecular flexibility index (Phi) is 24.5. The Morgan fingerprint density at radius 2 is 1.67 bits per heavy atom. The van der Waals surface area contributed by atoms with E-state index in [9.17, 15) is 33.9 Å². The largest absolute Gasteiger partial charge is 0.481 e. The van der Waals surface area contributed by atoms with Crippen LogP contribution in [0.15, 0.2) is 23.6 Å². The number of hydrogen-bond acceptors (Lipinski definition) is 12. The van der Waals surface area contributed by atoms with E-state index in [2.05, 4.69) is 38.5 Å². The predicted molar refractivity (Wildman–Crippen MR) is 278 cm³/mol. The van der Waals surface area contributed by atoms with Crippen LogP contribution in [0.2, 0.25) is 0 Å². The van der Waals surface area contributed by atoms with Crippen LogP contribution < -0.4 is 32.3 Å².